The van der Waals surface area contributed by atoms with Gasteiger partial charge in [0.25, 0.3) is 0 Å². The minimum Gasteiger partial charge on any atom is -0.491 e. The summed E-state index contributed by atoms with van der Waals surface area (Å²) in [5.74, 6) is 1.50. The Morgan fingerprint density at radius 2 is 1.71 bits per heavy atom. The van der Waals surface area contributed by atoms with Crippen LogP contribution in [0.3, 0.4) is 0 Å². The normalized spacial score (nSPS) is 13.5. The van der Waals surface area contributed by atoms with Crippen molar-refractivity contribution in [2.45, 2.75) is 44.6 Å². The predicted octanol–water partition coefficient (Wildman–Crippen LogP) is 3.72. The van der Waals surface area contributed by atoms with Gasteiger partial charge >= 0.3 is 0 Å². The van der Waals surface area contributed by atoms with Crippen molar-refractivity contribution >= 4 is 56.8 Å². The van der Waals surface area contributed by atoms with Crippen LogP contribution in [0.25, 0.3) is 0 Å². The first-order valence-corrected chi connectivity index (χ1v) is 13.6. The highest BCUT2D eigenvalue weighted by Crippen LogP contribution is 2.35. The molecule has 0 bridgehead atoms. The molecule has 2 unspecified atom stereocenters. The lowest BCUT2D eigenvalue weighted by molar-refractivity contribution is 0.0877. The number of ether oxygens (including phenoxy) is 2. The van der Waals surface area contributed by atoms with E-state index in [1.165, 1.54) is 0 Å². The SMILES string of the molecule is CC(C)(c1ccc(OCC(O)CCl)cc1)c1ccc(OCC(O)Cn2nnc(CO)c2I)c([123I])c1. The fraction of sp³-hybridized carbons (Fsp3) is 0.417. The molecular formula is C24H28ClI2N3O5. The number of aromatic nitrogens is 3. The van der Waals surface area contributed by atoms with Gasteiger partial charge in [-0.3, -0.25) is 0 Å². The second-order valence-electron chi connectivity index (χ2n) is 8.55. The van der Waals surface area contributed by atoms with Gasteiger partial charge in [-0.1, -0.05) is 37.3 Å². The monoisotopic (exact) mass is 723 g/mol. The zero-order valence-corrected chi connectivity index (χ0v) is 24.4. The van der Waals surface area contributed by atoms with Crippen molar-refractivity contribution < 1.29 is 24.8 Å². The van der Waals surface area contributed by atoms with Crippen molar-refractivity contribution in [3.63, 3.8) is 0 Å². The highest BCUT2D eigenvalue weighted by molar-refractivity contribution is 14.1. The molecular weight excluding hydrogens is 696 g/mol. The van der Waals surface area contributed by atoms with Crippen molar-refractivity contribution in [3.8, 4) is 11.5 Å². The molecule has 1 heterocycles. The molecule has 190 valence electrons. The van der Waals surface area contributed by atoms with Crippen LogP contribution in [-0.4, -0.2) is 61.6 Å². The molecule has 2 atom stereocenters. The maximum atomic E-state index is 10.4. The summed E-state index contributed by atoms with van der Waals surface area (Å²) >= 11 is 9.89. The van der Waals surface area contributed by atoms with Crippen LogP contribution in [0.2, 0.25) is 0 Å². The van der Waals surface area contributed by atoms with Gasteiger partial charge in [0.1, 0.15) is 46.3 Å². The summed E-state index contributed by atoms with van der Waals surface area (Å²) in [6.07, 6.45) is -1.47. The number of aliphatic hydroxyl groups is 3. The van der Waals surface area contributed by atoms with E-state index in [0.29, 0.717) is 20.9 Å². The summed E-state index contributed by atoms with van der Waals surface area (Å²) < 4.78 is 14.6. The summed E-state index contributed by atoms with van der Waals surface area (Å²) in [6, 6.07) is 13.8. The lowest BCUT2D eigenvalue weighted by Crippen LogP contribution is -2.25. The molecule has 1 aromatic heterocycles. The lowest BCUT2D eigenvalue weighted by atomic mass is 9.78. The number of hydrogen-bond donors (Lipinski definition) is 3. The molecule has 0 saturated heterocycles. The van der Waals surface area contributed by atoms with Gasteiger partial charge in [0, 0.05) is 5.41 Å². The molecule has 0 amide bonds. The molecule has 35 heavy (non-hydrogen) atoms. The standard InChI is InChI=1S/C24H28ClI2N3O5/c1-24(2,15-3-6-19(7-4-15)34-13-17(32)10-25)16-5-8-22(20(26)9-16)35-14-18(33)11-30-23(27)21(12-31)28-29-30/h3-9,17-18,31-33H,10-14H2,1-2H3/i26-4. The maximum absolute atomic E-state index is 10.4. The van der Waals surface area contributed by atoms with Crippen LogP contribution in [0, 0.1) is 7.27 Å². The van der Waals surface area contributed by atoms with Crippen LogP contribution < -0.4 is 9.47 Å². The van der Waals surface area contributed by atoms with Crippen LogP contribution in [0.4, 0.5) is 0 Å². The number of halogens is 3. The second-order valence-corrected chi connectivity index (χ2v) is 11.0. The smallest absolute Gasteiger partial charge is 0.132 e. The van der Waals surface area contributed by atoms with Crippen molar-refractivity contribution in [2.75, 3.05) is 19.1 Å². The molecule has 8 nitrogen and oxygen atoms in total. The van der Waals surface area contributed by atoms with E-state index >= 15 is 0 Å². The minimum absolute atomic E-state index is 0.100. The van der Waals surface area contributed by atoms with Crippen LogP contribution in [0.1, 0.15) is 30.7 Å². The van der Waals surface area contributed by atoms with Crippen molar-refractivity contribution in [1.82, 2.24) is 15.0 Å². The molecule has 0 radical (unpaired) electrons. The average molecular weight is 724 g/mol. The lowest BCUT2D eigenvalue weighted by Gasteiger charge is -2.27. The fourth-order valence-corrected chi connectivity index (χ4v) is 4.70. The van der Waals surface area contributed by atoms with E-state index in [1.54, 1.807) is 4.68 Å². The molecule has 0 aliphatic heterocycles. The fourth-order valence-electron chi connectivity index (χ4n) is 3.37. The Morgan fingerprint density at radius 3 is 2.31 bits per heavy atom. The Hall–Kier alpha value is -1.19. The van der Waals surface area contributed by atoms with Gasteiger partial charge in [-0.05, 0) is 80.6 Å². The number of aliphatic hydroxyl groups excluding tert-OH is 3. The van der Waals surface area contributed by atoms with Gasteiger partial charge in [-0.25, -0.2) is 4.68 Å². The van der Waals surface area contributed by atoms with Crippen LogP contribution in [0.5, 0.6) is 11.5 Å². The summed E-state index contributed by atoms with van der Waals surface area (Å²) in [5.41, 5.74) is 2.46. The van der Waals surface area contributed by atoms with Gasteiger partial charge in [0.15, 0.2) is 0 Å². The van der Waals surface area contributed by atoms with Crippen LogP contribution in [0.15, 0.2) is 42.5 Å². The highest BCUT2D eigenvalue weighted by atomic mass is 127. The van der Waals surface area contributed by atoms with Gasteiger partial charge in [0.05, 0.1) is 22.6 Å². The summed E-state index contributed by atoms with van der Waals surface area (Å²) in [7, 11) is 0. The number of hydrogen-bond acceptors (Lipinski definition) is 7. The largest absolute Gasteiger partial charge is 0.491 e. The van der Waals surface area contributed by atoms with Crippen molar-refractivity contribution in [3.05, 3.63) is 66.6 Å². The number of benzene rings is 2. The van der Waals surface area contributed by atoms with E-state index in [9.17, 15) is 15.3 Å². The Kier molecular flexibility index (Phi) is 10.4. The van der Waals surface area contributed by atoms with Crippen molar-refractivity contribution in [2.24, 2.45) is 0 Å². The molecule has 2 aromatic carbocycles. The minimum atomic E-state index is -0.782. The summed E-state index contributed by atoms with van der Waals surface area (Å²) in [5, 5.41) is 37.0. The van der Waals surface area contributed by atoms with E-state index in [0.717, 1.165) is 14.7 Å². The Balaban J connectivity index is 1.62. The molecule has 0 aliphatic carbocycles. The van der Waals surface area contributed by atoms with Crippen molar-refractivity contribution in [1.29, 1.82) is 0 Å². The molecule has 0 aliphatic rings. The molecule has 3 aromatic rings. The Labute approximate surface area is 236 Å². The Morgan fingerprint density at radius 1 is 1.06 bits per heavy atom. The first-order valence-electron chi connectivity index (χ1n) is 10.9. The van der Waals surface area contributed by atoms with E-state index in [-0.39, 0.29) is 37.7 Å². The Bertz CT molecular complexity index is 1110. The zero-order valence-electron chi connectivity index (χ0n) is 19.4. The molecule has 0 saturated carbocycles. The van der Waals surface area contributed by atoms with Gasteiger partial charge < -0.3 is 24.8 Å². The molecule has 3 N–H and O–H groups in total. The highest BCUT2D eigenvalue weighted by Gasteiger charge is 2.24. The zero-order chi connectivity index (χ0) is 25.6. The summed E-state index contributed by atoms with van der Waals surface area (Å²) in [4.78, 5) is 0. The topological polar surface area (TPSA) is 110 Å². The quantitative estimate of drug-likeness (QED) is 0.193. The number of alkyl halides is 1. The third-order valence-electron chi connectivity index (χ3n) is 5.55. The van der Waals surface area contributed by atoms with Gasteiger partial charge in [-0.15, -0.1) is 16.7 Å². The van der Waals surface area contributed by atoms with Gasteiger partial charge in [0.2, 0.25) is 0 Å². The first kappa shape index (κ1) is 28.4. The van der Waals surface area contributed by atoms with E-state index in [4.69, 9.17) is 21.1 Å². The third-order valence-corrected chi connectivity index (χ3v) is 7.93. The molecule has 11 heteroatoms. The van der Waals surface area contributed by atoms with E-state index in [2.05, 4.69) is 52.8 Å². The van der Waals surface area contributed by atoms with E-state index < -0.39 is 12.2 Å². The van der Waals surface area contributed by atoms with Gasteiger partial charge in [-0.2, -0.15) is 0 Å². The molecule has 0 fully saturated rings. The second kappa shape index (κ2) is 12.9. The predicted molar refractivity (Wildman–Crippen MR) is 150 cm³/mol. The van der Waals surface area contributed by atoms with Crippen LogP contribution >= 0.6 is 56.8 Å². The summed E-state index contributed by atoms with van der Waals surface area (Å²) in [6.45, 7) is 4.58. The molecule has 0 spiro atoms. The number of rotatable bonds is 12. The van der Waals surface area contributed by atoms with E-state index in [1.807, 2.05) is 59.0 Å². The molecule has 3 rings (SSSR count). The first-order chi connectivity index (χ1) is 16.6. The average Bonchev–Trinajstić information content (AvgIpc) is 3.20. The van der Waals surface area contributed by atoms with Crippen LogP contribution in [-0.2, 0) is 18.6 Å². The maximum Gasteiger partial charge on any atom is 0.132 e. The third kappa shape index (κ3) is 7.41. The number of nitrogens with zero attached hydrogens (tertiary/aromatic N) is 3.